The van der Waals surface area contributed by atoms with E-state index in [1.807, 2.05) is 13.8 Å². The summed E-state index contributed by atoms with van der Waals surface area (Å²) in [5, 5.41) is 12.7. The van der Waals surface area contributed by atoms with Gasteiger partial charge in [0.15, 0.2) is 0 Å². The maximum Gasteiger partial charge on any atom is 0.106 e. The van der Waals surface area contributed by atoms with Gasteiger partial charge in [-0.3, -0.25) is 5.32 Å². The second-order valence-corrected chi connectivity index (χ2v) is 6.20. The Hall–Kier alpha value is -0.630. The molecule has 4 nitrogen and oxygen atoms in total. The van der Waals surface area contributed by atoms with Gasteiger partial charge in [0.05, 0.1) is 24.9 Å². The molecule has 1 N–H and O–H groups in total. The molecule has 3 unspecified atom stereocenters. The fourth-order valence-corrected chi connectivity index (χ4v) is 2.66. The molecule has 1 heterocycles. The van der Waals surface area contributed by atoms with Crippen LogP contribution in [0.5, 0.6) is 0 Å². The van der Waals surface area contributed by atoms with Crippen LogP contribution in [0, 0.1) is 11.3 Å². The first-order valence-corrected chi connectivity index (χ1v) is 7.53. The average molecular weight is 266 g/mol. The first kappa shape index (κ1) is 14.8. The van der Waals surface area contributed by atoms with E-state index >= 15 is 0 Å². The van der Waals surface area contributed by atoms with Crippen LogP contribution in [0.15, 0.2) is 0 Å². The number of nitrogens with one attached hydrogen (secondary N) is 1. The SMILES string of the molecule is CC(CC(C)(C#N)NC1CC1)OCC1CCCCO1. The van der Waals surface area contributed by atoms with Crippen molar-refractivity contribution in [2.75, 3.05) is 13.2 Å². The molecule has 2 rings (SSSR count). The van der Waals surface area contributed by atoms with Gasteiger partial charge in [0.25, 0.3) is 0 Å². The first-order chi connectivity index (χ1) is 9.11. The maximum absolute atomic E-state index is 9.34. The summed E-state index contributed by atoms with van der Waals surface area (Å²) in [7, 11) is 0. The molecular weight excluding hydrogens is 240 g/mol. The topological polar surface area (TPSA) is 54.3 Å². The lowest BCUT2D eigenvalue weighted by molar-refractivity contribution is -0.0632. The van der Waals surface area contributed by atoms with Crippen molar-refractivity contribution in [3.63, 3.8) is 0 Å². The minimum atomic E-state index is -0.464. The van der Waals surface area contributed by atoms with Gasteiger partial charge >= 0.3 is 0 Å². The first-order valence-electron chi connectivity index (χ1n) is 7.53. The van der Waals surface area contributed by atoms with Gasteiger partial charge in [0.2, 0.25) is 0 Å². The van der Waals surface area contributed by atoms with Crippen molar-refractivity contribution in [1.29, 1.82) is 5.26 Å². The van der Waals surface area contributed by atoms with E-state index in [9.17, 15) is 5.26 Å². The molecule has 1 aliphatic carbocycles. The summed E-state index contributed by atoms with van der Waals surface area (Å²) >= 11 is 0. The molecule has 4 heteroatoms. The van der Waals surface area contributed by atoms with E-state index in [-0.39, 0.29) is 12.2 Å². The quantitative estimate of drug-likeness (QED) is 0.768. The minimum Gasteiger partial charge on any atom is -0.376 e. The molecular formula is C15H26N2O2. The van der Waals surface area contributed by atoms with Crippen LogP contribution >= 0.6 is 0 Å². The van der Waals surface area contributed by atoms with Crippen molar-refractivity contribution in [2.24, 2.45) is 0 Å². The molecule has 0 aromatic heterocycles. The summed E-state index contributed by atoms with van der Waals surface area (Å²) in [6, 6.07) is 2.94. The molecule has 2 fully saturated rings. The number of ether oxygens (including phenoxy) is 2. The van der Waals surface area contributed by atoms with Crippen molar-refractivity contribution in [3.8, 4) is 6.07 Å². The zero-order valence-electron chi connectivity index (χ0n) is 12.2. The zero-order valence-corrected chi connectivity index (χ0v) is 12.2. The van der Waals surface area contributed by atoms with Crippen molar-refractivity contribution >= 4 is 0 Å². The monoisotopic (exact) mass is 266 g/mol. The highest BCUT2D eigenvalue weighted by atomic mass is 16.5. The highest BCUT2D eigenvalue weighted by Crippen LogP contribution is 2.25. The van der Waals surface area contributed by atoms with E-state index in [4.69, 9.17) is 9.47 Å². The Bertz CT molecular complexity index is 319. The molecule has 19 heavy (non-hydrogen) atoms. The Balaban J connectivity index is 1.69. The van der Waals surface area contributed by atoms with Gasteiger partial charge in [-0.2, -0.15) is 5.26 Å². The summed E-state index contributed by atoms with van der Waals surface area (Å²) < 4.78 is 11.5. The van der Waals surface area contributed by atoms with Gasteiger partial charge in [-0.15, -0.1) is 0 Å². The minimum absolute atomic E-state index is 0.0847. The number of nitrogens with zero attached hydrogens (tertiary/aromatic N) is 1. The number of nitriles is 1. The van der Waals surface area contributed by atoms with E-state index in [1.54, 1.807) is 0 Å². The normalized spacial score (nSPS) is 28.4. The molecule has 0 radical (unpaired) electrons. The van der Waals surface area contributed by atoms with Gasteiger partial charge in [0, 0.05) is 19.1 Å². The predicted molar refractivity (Wildman–Crippen MR) is 73.8 cm³/mol. The van der Waals surface area contributed by atoms with Crippen molar-refractivity contribution < 1.29 is 9.47 Å². The zero-order chi connectivity index (χ0) is 13.7. The Labute approximate surface area is 116 Å². The average Bonchev–Trinajstić information content (AvgIpc) is 3.21. The molecule has 0 amide bonds. The third kappa shape index (κ3) is 5.10. The van der Waals surface area contributed by atoms with E-state index < -0.39 is 5.54 Å². The van der Waals surface area contributed by atoms with E-state index in [2.05, 4.69) is 11.4 Å². The maximum atomic E-state index is 9.34. The largest absolute Gasteiger partial charge is 0.376 e. The van der Waals surface area contributed by atoms with Crippen LogP contribution in [0.3, 0.4) is 0 Å². The van der Waals surface area contributed by atoms with Crippen molar-refractivity contribution in [1.82, 2.24) is 5.32 Å². The summed E-state index contributed by atoms with van der Waals surface area (Å²) in [5.74, 6) is 0. The van der Waals surface area contributed by atoms with Gasteiger partial charge in [-0.25, -0.2) is 0 Å². The highest BCUT2D eigenvalue weighted by molar-refractivity contribution is 5.07. The summed E-state index contributed by atoms with van der Waals surface area (Å²) in [4.78, 5) is 0. The molecule has 3 atom stereocenters. The van der Waals surface area contributed by atoms with Crippen LogP contribution < -0.4 is 5.32 Å². The number of hydrogen-bond donors (Lipinski definition) is 1. The predicted octanol–water partition coefficient (Wildman–Crippen LogP) is 2.38. The van der Waals surface area contributed by atoms with Crippen LogP contribution in [-0.2, 0) is 9.47 Å². The summed E-state index contributed by atoms with van der Waals surface area (Å²) in [6.45, 7) is 5.54. The van der Waals surface area contributed by atoms with Gasteiger partial charge in [-0.05, 0) is 46.0 Å². The molecule has 0 aromatic rings. The third-order valence-electron chi connectivity index (χ3n) is 3.88. The van der Waals surface area contributed by atoms with E-state index in [1.165, 1.54) is 25.7 Å². The Morgan fingerprint density at radius 1 is 1.42 bits per heavy atom. The van der Waals surface area contributed by atoms with Crippen LogP contribution in [0.25, 0.3) is 0 Å². The summed E-state index contributed by atoms with van der Waals surface area (Å²) in [6.07, 6.45) is 6.97. The number of hydrogen-bond acceptors (Lipinski definition) is 4. The lowest BCUT2D eigenvalue weighted by atomic mass is 9.96. The van der Waals surface area contributed by atoms with E-state index in [0.717, 1.165) is 19.4 Å². The lowest BCUT2D eigenvalue weighted by Gasteiger charge is -2.28. The van der Waals surface area contributed by atoms with Gasteiger partial charge in [0.1, 0.15) is 5.54 Å². The molecule has 1 saturated carbocycles. The van der Waals surface area contributed by atoms with Gasteiger partial charge in [-0.1, -0.05) is 0 Å². The molecule has 0 spiro atoms. The highest BCUT2D eigenvalue weighted by Gasteiger charge is 2.34. The van der Waals surface area contributed by atoms with Crippen LogP contribution in [0.1, 0.15) is 52.4 Å². The fourth-order valence-electron chi connectivity index (χ4n) is 2.66. The molecule has 108 valence electrons. The second kappa shape index (κ2) is 6.69. The standard InChI is InChI=1S/C15H26N2O2/c1-12(19-10-14-5-3-4-8-18-14)9-15(2,11-16)17-13-6-7-13/h12-14,17H,3-10H2,1-2H3. The number of rotatable bonds is 7. The summed E-state index contributed by atoms with van der Waals surface area (Å²) in [5.41, 5.74) is -0.464. The molecule has 0 aromatic carbocycles. The van der Waals surface area contributed by atoms with Crippen molar-refractivity contribution in [2.45, 2.75) is 76.2 Å². The van der Waals surface area contributed by atoms with Crippen LogP contribution in [0.4, 0.5) is 0 Å². The van der Waals surface area contributed by atoms with Gasteiger partial charge < -0.3 is 9.47 Å². The Morgan fingerprint density at radius 2 is 2.21 bits per heavy atom. The lowest BCUT2D eigenvalue weighted by Crippen LogP contribution is -2.45. The Kier molecular flexibility index (Phi) is 5.20. The fraction of sp³-hybridized carbons (Fsp3) is 0.933. The molecule has 0 bridgehead atoms. The van der Waals surface area contributed by atoms with Crippen LogP contribution in [-0.4, -0.2) is 37.0 Å². The Morgan fingerprint density at radius 3 is 2.79 bits per heavy atom. The molecule has 1 saturated heterocycles. The van der Waals surface area contributed by atoms with Crippen LogP contribution in [0.2, 0.25) is 0 Å². The molecule has 1 aliphatic heterocycles. The smallest absolute Gasteiger partial charge is 0.106 e. The molecule has 2 aliphatic rings. The third-order valence-corrected chi connectivity index (χ3v) is 3.88. The van der Waals surface area contributed by atoms with E-state index in [0.29, 0.717) is 12.6 Å². The second-order valence-electron chi connectivity index (χ2n) is 6.20. The van der Waals surface area contributed by atoms with Crippen molar-refractivity contribution in [3.05, 3.63) is 0 Å².